The molecule has 2 amide bonds. The number of benzene rings is 1. The van der Waals surface area contributed by atoms with Crippen LogP contribution in [-0.2, 0) is 20.9 Å². The quantitative estimate of drug-likeness (QED) is 0.741. The Bertz CT molecular complexity index is 867. The van der Waals surface area contributed by atoms with Crippen LogP contribution in [0.3, 0.4) is 0 Å². The molecule has 0 bridgehead atoms. The molecule has 2 aromatic rings. The number of nitrogens with zero attached hydrogens (tertiary/aromatic N) is 3. The van der Waals surface area contributed by atoms with Gasteiger partial charge in [0, 0.05) is 36.7 Å². The van der Waals surface area contributed by atoms with E-state index in [1.54, 1.807) is 19.2 Å². The first-order valence-electron chi connectivity index (χ1n) is 9.36. The highest BCUT2D eigenvalue weighted by molar-refractivity contribution is 6.30. The molecule has 2 atom stereocenters. The van der Waals surface area contributed by atoms with E-state index in [0.29, 0.717) is 49.0 Å². The zero-order valence-electron chi connectivity index (χ0n) is 15.6. The first kappa shape index (κ1) is 19.0. The van der Waals surface area contributed by atoms with Crippen LogP contribution in [0.4, 0.5) is 0 Å². The van der Waals surface area contributed by atoms with Gasteiger partial charge in [-0.15, -0.1) is 0 Å². The molecule has 2 aliphatic heterocycles. The van der Waals surface area contributed by atoms with Crippen molar-refractivity contribution in [3.8, 4) is 11.3 Å². The molecule has 1 aromatic carbocycles. The lowest BCUT2D eigenvalue weighted by Gasteiger charge is -2.24. The largest absolute Gasteiger partial charge is 0.384 e. The van der Waals surface area contributed by atoms with Gasteiger partial charge in [0.15, 0.2) is 5.76 Å². The number of carbonyl (C=O) groups excluding carboxylic acids is 2. The van der Waals surface area contributed by atoms with Gasteiger partial charge in [-0.05, 0) is 18.6 Å². The molecule has 0 N–H and O–H groups in total. The van der Waals surface area contributed by atoms with Crippen LogP contribution in [0.1, 0.15) is 25.0 Å². The van der Waals surface area contributed by atoms with Crippen molar-refractivity contribution in [2.24, 2.45) is 0 Å². The van der Waals surface area contributed by atoms with Crippen LogP contribution in [0, 0.1) is 0 Å². The van der Waals surface area contributed by atoms with E-state index < -0.39 is 0 Å². The van der Waals surface area contributed by atoms with E-state index >= 15 is 0 Å². The predicted molar refractivity (Wildman–Crippen MR) is 103 cm³/mol. The van der Waals surface area contributed by atoms with E-state index in [1.807, 2.05) is 28.0 Å². The van der Waals surface area contributed by atoms with Gasteiger partial charge in [0.25, 0.3) is 0 Å². The normalized spacial score (nSPS) is 21.4. The summed E-state index contributed by atoms with van der Waals surface area (Å²) in [5.74, 6) is 0.723. The molecular weight excluding hydrogens is 382 g/mol. The minimum atomic E-state index is -0.0597. The zero-order chi connectivity index (χ0) is 19.7. The first-order valence-corrected chi connectivity index (χ1v) is 9.74. The fourth-order valence-corrected chi connectivity index (χ4v) is 4.21. The lowest BCUT2D eigenvalue weighted by Crippen LogP contribution is -2.40. The number of fused-ring (bicyclic) bond motifs is 1. The Kier molecular flexibility index (Phi) is 5.37. The SMILES string of the molecule is COCCC(=O)N1CC[C@H]2[C@@H]1CC(=O)N2Cc1cc(-c2ccc(Cl)cc2)no1. The van der Waals surface area contributed by atoms with Gasteiger partial charge in [0.05, 0.1) is 31.7 Å². The average Bonchev–Trinajstić information content (AvgIpc) is 3.38. The van der Waals surface area contributed by atoms with E-state index in [4.69, 9.17) is 20.9 Å². The van der Waals surface area contributed by atoms with Crippen molar-refractivity contribution in [1.29, 1.82) is 0 Å². The molecule has 148 valence electrons. The Labute approximate surface area is 168 Å². The number of amides is 2. The van der Waals surface area contributed by atoms with Crippen molar-refractivity contribution in [3.63, 3.8) is 0 Å². The van der Waals surface area contributed by atoms with Gasteiger partial charge in [-0.25, -0.2) is 0 Å². The highest BCUT2D eigenvalue weighted by Gasteiger charge is 2.48. The molecule has 2 saturated heterocycles. The molecule has 2 fully saturated rings. The lowest BCUT2D eigenvalue weighted by atomic mass is 10.1. The van der Waals surface area contributed by atoms with Crippen LogP contribution >= 0.6 is 11.6 Å². The predicted octanol–water partition coefficient (Wildman–Crippen LogP) is 2.73. The summed E-state index contributed by atoms with van der Waals surface area (Å²) in [6, 6.07) is 9.17. The summed E-state index contributed by atoms with van der Waals surface area (Å²) in [5, 5.41) is 4.77. The topological polar surface area (TPSA) is 75.9 Å². The van der Waals surface area contributed by atoms with Crippen LogP contribution in [0.15, 0.2) is 34.9 Å². The van der Waals surface area contributed by atoms with Crippen molar-refractivity contribution >= 4 is 23.4 Å². The molecular formula is C20H22ClN3O4. The Morgan fingerprint density at radius 2 is 2.11 bits per heavy atom. The summed E-state index contributed by atoms with van der Waals surface area (Å²) in [5.41, 5.74) is 1.61. The second kappa shape index (κ2) is 7.93. The maximum Gasteiger partial charge on any atom is 0.225 e. The number of methoxy groups -OCH3 is 1. The molecule has 28 heavy (non-hydrogen) atoms. The van der Waals surface area contributed by atoms with Gasteiger partial charge in [0.1, 0.15) is 5.69 Å². The Balaban J connectivity index is 1.44. The fraction of sp³-hybridized carbons (Fsp3) is 0.450. The third-order valence-electron chi connectivity index (χ3n) is 5.48. The summed E-state index contributed by atoms with van der Waals surface area (Å²) in [7, 11) is 1.58. The fourth-order valence-electron chi connectivity index (χ4n) is 4.09. The Morgan fingerprint density at radius 1 is 1.32 bits per heavy atom. The third kappa shape index (κ3) is 3.64. The van der Waals surface area contributed by atoms with Crippen molar-refractivity contribution in [3.05, 3.63) is 41.1 Å². The molecule has 0 radical (unpaired) electrons. The number of carbonyl (C=O) groups is 2. The highest BCUT2D eigenvalue weighted by Crippen LogP contribution is 2.34. The smallest absolute Gasteiger partial charge is 0.225 e. The minimum absolute atomic E-state index is 0.0306. The molecule has 4 rings (SSSR count). The average molecular weight is 404 g/mol. The van der Waals surface area contributed by atoms with Crippen LogP contribution in [-0.4, -0.2) is 59.1 Å². The molecule has 1 aromatic heterocycles. The second-order valence-electron chi connectivity index (χ2n) is 7.16. The van der Waals surface area contributed by atoms with Gasteiger partial charge in [0.2, 0.25) is 11.8 Å². The van der Waals surface area contributed by atoms with Crippen molar-refractivity contribution in [1.82, 2.24) is 15.0 Å². The maximum atomic E-state index is 12.6. The van der Waals surface area contributed by atoms with Crippen LogP contribution in [0.25, 0.3) is 11.3 Å². The van der Waals surface area contributed by atoms with Gasteiger partial charge >= 0.3 is 0 Å². The minimum Gasteiger partial charge on any atom is -0.384 e. The number of aromatic nitrogens is 1. The number of ether oxygens (including phenoxy) is 1. The van der Waals surface area contributed by atoms with E-state index in [0.717, 1.165) is 12.0 Å². The zero-order valence-corrected chi connectivity index (χ0v) is 16.4. The van der Waals surface area contributed by atoms with Gasteiger partial charge in [-0.3, -0.25) is 9.59 Å². The standard InChI is InChI=1S/C20H22ClN3O4/c1-27-9-7-19(25)23-8-6-17-18(23)11-20(26)24(17)12-15-10-16(22-28-15)13-2-4-14(21)5-3-13/h2-5,10,17-18H,6-9,11-12H2,1H3/t17-,18-/m0/s1. The van der Waals surface area contributed by atoms with E-state index in [9.17, 15) is 9.59 Å². The number of halogens is 1. The van der Waals surface area contributed by atoms with E-state index in [-0.39, 0.29) is 23.9 Å². The second-order valence-corrected chi connectivity index (χ2v) is 7.60. The summed E-state index contributed by atoms with van der Waals surface area (Å²) < 4.78 is 10.5. The summed E-state index contributed by atoms with van der Waals surface area (Å²) in [6.07, 6.45) is 1.50. The first-order chi connectivity index (χ1) is 13.6. The number of likely N-dealkylation sites (tertiary alicyclic amines) is 2. The molecule has 2 aliphatic rings. The maximum absolute atomic E-state index is 12.6. The van der Waals surface area contributed by atoms with Crippen molar-refractivity contribution in [2.75, 3.05) is 20.3 Å². The molecule has 3 heterocycles. The van der Waals surface area contributed by atoms with E-state index in [2.05, 4.69) is 5.16 Å². The third-order valence-corrected chi connectivity index (χ3v) is 5.73. The molecule has 8 heteroatoms. The molecule has 0 saturated carbocycles. The number of hydrogen-bond acceptors (Lipinski definition) is 5. The molecule has 0 aliphatic carbocycles. The number of rotatable bonds is 6. The van der Waals surface area contributed by atoms with Crippen LogP contribution in [0.2, 0.25) is 5.02 Å². The lowest BCUT2D eigenvalue weighted by molar-refractivity contribution is -0.133. The monoisotopic (exact) mass is 403 g/mol. The Hall–Kier alpha value is -2.38. The molecule has 0 unspecified atom stereocenters. The van der Waals surface area contributed by atoms with Gasteiger partial charge in [-0.2, -0.15) is 0 Å². The van der Waals surface area contributed by atoms with Crippen molar-refractivity contribution < 1.29 is 18.8 Å². The number of hydrogen-bond donors (Lipinski definition) is 0. The van der Waals surface area contributed by atoms with Crippen molar-refractivity contribution in [2.45, 2.75) is 37.9 Å². The van der Waals surface area contributed by atoms with Crippen LogP contribution < -0.4 is 0 Å². The summed E-state index contributed by atoms with van der Waals surface area (Å²) >= 11 is 5.92. The van der Waals surface area contributed by atoms with Crippen LogP contribution in [0.5, 0.6) is 0 Å². The van der Waals surface area contributed by atoms with E-state index in [1.165, 1.54) is 0 Å². The molecule has 7 nitrogen and oxygen atoms in total. The Morgan fingerprint density at radius 3 is 2.86 bits per heavy atom. The van der Waals surface area contributed by atoms with Gasteiger partial charge < -0.3 is 19.1 Å². The summed E-state index contributed by atoms with van der Waals surface area (Å²) in [6.45, 7) is 1.44. The summed E-state index contributed by atoms with van der Waals surface area (Å²) in [4.78, 5) is 28.6. The van der Waals surface area contributed by atoms with Gasteiger partial charge in [-0.1, -0.05) is 28.9 Å². The molecule has 0 spiro atoms. The highest BCUT2D eigenvalue weighted by atomic mass is 35.5.